The van der Waals surface area contributed by atoms with Crippen molar-refractivity contribution < 1.29 is 28.9 Å². The minimum Gasteiger partial charge on any atom is -0.497 e. The molecule has 0 saturated heterocycles. The van der Waals surface area contributed by atoms with Gasteiger partial charge in [-0.2, -0.15) is 0 Å². The SMILES string of the molecule is COc1ccc(NC(=O)N(C)C[C@@H]2OCc3ccccc3-c3ccccc3C(=O)N([C@@H](C)CO)C[C@H]2C)c(OC)c1. The number of likely N-dealkylation sites (N-methyl/N-ethyl adjacent to an activating group) is 1. The third-order valence-electron chi connectivity index (χ3n) is 7.55. The van der Waals surface area contributed by atoms with Crippen molar-refractivity contribution in [2.24, 2.45) is 5.92 Å². The highest BCUT2D eigenvalue weighted by molar-refractivity contribution is 6.01. The summed E-state index contributed by atoms with van der Waals surface area (Å²) in [6.45, 7) is 4.59. The van der Waals surface area contributed by atoms with E-state index in [1.54, 1.807) is 42.2 Å². The number of carbonyl (C=O) groups is 2. The van der Waals surface area contributed by atoms with Gasteiger partial charge in [0.25, 0.3) is 5.91 Å². The van der Waals surface area contributed by atoms with E-state index in [2.05, 4.69) is 5.32 Å². The first-order valence-corrected chi connectivity index (χ1v) is 13.7. The maximum atomic E-state index is 13.9. The Balaban J connectivity index is 1.62. The van der Waals surface area contributed by atoms with Crippen LogP contribution < -0.4 is 14.8 Å². The monoisotopic (exact) mass is 561 g/mol. The molecule has 2 N–H and O–H groups in total. The Hall–Kier alpha value is -4.08. The molecule has 9 heteroatoms. The first-order valence-electron chi connectivity index (χ1n) is 13.7. The summed E-state index contributed by atoms with van der Waals surface area (Å²) < 4.78 is 17.2. The minimum atomic E-state index is -0.404. The fourth-order valence-electron chi connectivity index (χ4n) is 5.02. The topological polar surface area (TPSA) is 101 Å². The van der Waals surface area contributed by atoms with Crippen molar-refractivity contribution in [3.05, 3.63) is 77.9 Å². The van der Waals surface area contributed by atoms with Crippen LogP contribution in [0.25, 0.3) is 11.1 Å². The molecule has 4 rings (SSSR count). The van der Waals surface area contributed by atoms with Crippen molar-refractivity contribution in [3.63, 3.8) is 0 Å². The van der Waals surface area contributed by atoms with Crippen molar-refractivity contribution in [3.8, 4) is 22.6 Å². The summed E-state index contributed by atoms with van der Waals surface area (Å²) in [6, 6.07) is 19.9. The zero-order valence-electron chi connectivity index (χ0n) is 24.3. The quantitative estimate of drug-likeness (QED) is 0.426. The first kappa shape index (κ1) is 29.9. The number of hydrogen-bond donors (Lipinski definition) is 2. The molecule has 3 amide bonds. The summed E-state index contributed by atoms with van der Waals surface area (Å²) in [6.07, 6.45) is -0.404. The zero-order chi connectivity index (χ0) is 29.5. The Bertz CT molecular complexity index is 1360. The van der Waals surface area contributed by atoms with Gasteiger partial charge in [-0.15, -0.1) is 0 Å². The Kier molecular flexibility index (Phi) is 9.86. The van der Waals surface area contributed by atoms with E-state index in [9.17, 15) is 14.7 Å². The Labute approximate surface area is 241 Å². The molecule has 1 aliphatic rings. The van der Waals surface area contributed by atoms with Crippen molar-refractivity contribution in [1.29, 1.82) is 0 Å². The van der Waals surface area contributed by atoms with E-state index in [1.807, 2.05) is 62.4 Å². The number of nitrogens with one attached hydrogen (secondary N) is 1. The molecule has 3 atom stereocenters. The average Bonchev–Trinajstić information content (AvgIpc) is 3.02. The normalized spacial score (nSPS) is 17.9. The number of rotatable bonds is 7. The number of aliphatic hydroxyl groups is 1. The van der Waals surface area contributed by atoms with Gasteiger partial charge in [0.05, 0.1) is 45.3 Å². The van der Waals surface area contributed by atoms with Crippen LogP contribution >= 0.6 is 0 Å². The van der Waals surface area contributed by atoms with Gasteiger partial charge >= 0.3 is 6.03 Å². The van der Waals surface area contributed by atoms with E-state index >= 15 is 0 Å². The summed E-state index contributed by atoms with van der Waals surface area (Å²) >= 11 is 0. The number of methoxy groups -OCH3 is 2. The Morgan fingerprint density at radius 1 is 1.07 bits per heavy atom. The third-order valence-corrected chi connectivity index (χ3v) is 7.55. The highest BCUT2D eigenvalue weighted by Crippen LogP contribution is 2.32. The molecule has 3 aromatic carbocycles. The van der Waals surface area contributed by atoms with E-state index in [0.29, 0.717) is 35.9 Å². The number of benzene rings is 3. The molecule has 218 valence electrons. The second-order valence-corrected chi connectivity index (χ2v) is 10.4. The van der Waals surface area contributed by atoms with E-state index in [-0.39, 0.29) is 31.0 Å². The van der Waals surface area contributed by atoms with Gasteiger partial charge in [-0.05, 0) is 41.8 Å². The van der Waals surface area contributed by atoms with Gasteiger partial charge in [-0.25, -0.2) is 4.79 Å². The van der Waals surface area contributed by atoms with Gasteiger partial charge in [0.2, 0.25) is 0 Å². The van der Waals surface area contributed by atoms with Gasteiger partial charge in [-0.1, -0.05) is 49.4 Å². The van der Waals surface area contributed by atoms with Crippen molar-refractivity contribution in [2.75, 3.05) is 46.3 Å². The number of hydrogen-bond acceptors (Lipinski definition) is 6. The number of nitrogens with zero attached hydrogens (tertiary/aromatic N) is 2. The molecule has 0 radical (unpaired) electrons. The lowest BCUT2D eigenvalue weighted by Crippen LogP contribution is -2.48. The van der Waals surface area contributed by atoms with Crippen LogP contribution in [0.1, 0.15) is 29.8 Å². The van der Waals surface area contributed by atoms with Crippen LogP contribution in [-0.4, -0.2) is 80.0 Å². The number of amides is 3. The second kappa shape index (κ2) is 13.5. The van der Waals surface area contributed by atoms with E-state index in [0.717, 1.165) is 16.7 Å². The lowest BCUT2D eigenvalue weighted by Gasteiger charge is -2.35. The van der Waals surface area contributed by atoms with Crippen LogP contribution in [0.2, 0.25) is 0 Å². The van der Waals surface area contributed by atoms with Gasteiger partial charge in [0, 0.05) is 37.7 Å². The van der Waals surface area contributed by atoms with E-state index < -0.39 is 12.1 Å². The van der Waals surface area contributed by atoms with Crippen LogP contribution in [0.5, 0.6) is 11.5 Å². The lowest BCUT2D eigenvalue weighted by molar-refractivity contribution is -0.0178. The molecule has 9 nitrogen and oxygen atoms in total. The molecule has 0 spiro atoms. The fourth-order valence-corrected chi connectivity index (χ4v) is 5.02. The van der Waals surface area contributed by atoms with E-state index in [4.69, 9.17) is 14.2 Å². The summed E-state index contributed by atoms with van der Waals surface area (Å²) in [4.78, 5) is 30.5. The smallest absolute Gasteiger partial charge is 0.321 e. The lowest BCUT2D eigenvalue weighted by atomic mass is 9.94. The molecule has 0 fully saturated rings. The molecule has 1 aliphatic heterocycles. The van der Waals surface area contributed by atoms with Gasteiger partial charge in [-0.3, -0.25) is 4.79 Å². The highest BCUT2D eigenvalue weighted by atomic mass is 16.5. The molecule has 41 heavy (non-hydrogen) atoms. The molecular formula is C32H39N3O6. The summed E-state index contributed by atoms with van der Waals surface area (Å²) in [5, 5.41) is 12.9. The second-order valence-electron chi connectivity index (χ2n) is 10.4. The zero-order valence-corrected chi connectivity index (χ0v) is 24.3. The number of ether oxygens (including phenoxy) is 3. The number of anilines is 1. The molecular weight excluding hydrogens is 522 g/mol. The molecule has 0 aliphatic carbocycles. The predicted octanol–water partition coefficient (Wildman–Crippen LogP) is 4.89. The van der Waals surface area contributed by atoms with Crippen molar-refractivity contribution in [1.82, 2.24) is 9.80 Å². The largest absolute Gasteiger partial charge is 0.497 e. The molecule has 0 saturated carbocycles. The molecule has 0 aromatic heterocycles. The molecule has 1 heterocycles. The highest BCUT2D eigenvalue weighted by Gasteiger charge is 2.31. The molecule has 0 unspecified atom stereocenters. The van der Waals surface area contributed by atoms with Gasteiger partial charge < -0.3 is 34.4 Å². The van der Waals surface area contributed by atoms with Crippen molar-refractivity contribution >= 4 is 17.6 Å². The Morgan fingerprint density at radius 2 is 1.76 bits per heavy atom. The first-order chi connectivity index (χ1) is 19.8. The summed E-state index contributed by atoms with van der Waals surface area (Å²) in [5.74, 6) is 0.791. The Morgan fingerprint density at radius 3 is 2.44 bits per heavy atom. The van der Waals surface area contributed by atoms with Crippen molar-refractivity contribution in [2.45, 2.75) is 32.6 Å². The minimum absolute atomic E-state index is 0.151. The van der Waals surface area contributed by atoms with E-state index in [1.165, 1.54) is 7.11 Å². The van der Waals surface area contributed by atoms with Gasteiger partial charge in [0.1, 0.15) is 11.5 Å². The third kappa shape index (κ3) is 6.81. The number of fused-ring (bicyclic) bond motifs is 3. The average molecular weight is 562 g/mol. The maximum absolute atomic E-state index is 13.9. The van der Waals surface area contributed by atoms with Crippen LogP contribution in [0, 0.1) is 5.92 Å². The van der Waals surface area contributed by atoms with Crippen LogP contribution in [0.15, 0.2) is 66.7 Å². The summed E-state index contributed by atoms with van der Waals surface area (Å²) in [7, 11) is 4.80. The number of urea groups is 1. The summed E-state index contributed by atoms with van der Waals surface area (Å²) in [5.41, 5.74) is 3.78. The van der Waals surface area contributed by atoms with Crippen LogP contribution in [0.3, 0.4) is 0 Å². The maximum Gasteiger partial charge on any atom is 0.321 e. The standard InChI is InChI=1S/C32H39N3O6/c1-21-17-35(22(2)19-36)31(37)27-13-9-8-12-26(27)25-11-7-6-10-23(25)20-41-30(21)18-34(3)32(38)33-28-15-14-24(39-4)16-29(28)40-5/h6-16,21-22,30,36H,17-20H2,1-5H3,(H,33,38)/t21-,22+,30+/m1/s1. The number of aliphatic hydroxyl groups excluding tert-OH is 1. The van der Waals surface area contributed by atoms with Gasteiger partial charge in [0.15, 0.2) is 0 Å². The number of carbonyl (C=O) groups excluding carboxylic acids is 2. The fraction of sp³-hybridized carbons (Fsp3) is 0.375. The molecule has 3 aromatic rings. The van der Waals surface area contributed by atoms with Crippen LogP contribution in [-0.2, 0) is 11.3 Å². The molecule has 0 bridgehead atoms. The van der Waals surface area contributed by atoms with Crippen LogP contribution in [0.4, 0.5) is 10.5 Å². The predicted molar refractivity (Wildman–Crippen MR) is 158 cm³/mol.